The van der Waals surface area contributed by atoms with Crippen molar-refractivity contribution in [2.24, 2.45) is 17.8 Å². The standard InChI is InChI=1S/C24H35NO2.ClH/c26-22(16-25-8-2-1-3-9-25)17-27-23-6-4-21(5-7-23)24-13-18-10-19(14-24)12-20(11-18)15-24;/h4-7,18-20,22,26H,1-3,8-17H2;1H. The monoisotopic (exact) mass is 405 g/mol. The zero-order valence-corrected chi connectivity index (χ0v) is 17.8. The van der Waals surface area contributed by atoms with Crippen LogP contribution in [0.5, 0.6) is 5.75 Å². The number of benzene rings is 1. The first-order chi connectivity index (χ1) is 13.2. The number of piperidine rings is 1. The minimum absolute atomic E-state index is 0. The molecule has 4 saturated carbocycles. The molecule has 4 bridgehead atoms. The molecule has 1 N–H and O–H groups in total. The van der Waals surface area contributed by atoms with Crippen LogP contribution in [0.25, 0.3) is 0 Å². The summed E-state index contributed by atoms with van der Waals surface area (Å²) in [5, 5.41) is 10.3. The van der Waals surface area contributed by atoms with Crippen molar-refractivity contribution in [3.63, 3.8) is 0 Å². The molecule has 5 fully saturated rings. The molecule has 0 spiro atoms. The van der Waals surface area contributed by atoms with Crippen molar-refractivity contribution in [2.45, 2.75) is 69.3 Å². The van der Waals surface area contributed by atoms with E-state index in [9.17, 15) is 5.11 Å². The van der Waals surface area contributed by atoms with Gasteiger partial charge >= 0.3 is 0 Å². The van der Waals surface area contributed by atoms with Crippen molar-refractivity contribution < 1.29 is 9.84 Å². The Labute approximate surface area is 176 Å². The SMILES string of the molecule is Cl.OC(COc1ccc(C23CC4CC(CC(C4)C2)C3)cc1)CN1CCCCC1. The number of nitrogens with zero attached hydrogens (tertiary/aromatic N) is 1. The highest BCUT2D eigenvalue weighted by Gasteiger charge is 2.51. The molecule has 1 aliphatic heterocycles. The third kappa shape index (κ3) is 4.22. The number of likely N-dealkylation sites (tertiary alicyclic amines) is 1. The van der Waals surface area contributed by atoms with Crippen LogP contribution in [0.2, 0.25) is 0 Å². The minimum Gasteiger partial charge on any atom is -0.491 e. The van der Waals surface area contributed by atoms with Crippen LogP contribution in [0.4, 0.5) is 0 Å². The molecule has 1 heterocycles. The quantitative estimate of drug-likeness (QED) is 0.737. The maximum absolute atomic E-state index is 10.3. The first-order valence-electron chi connectivity index (χ1n) is 11.3. The molecule has 0 radical (unpaired) electrons. The molecule has 1 aromatic rings. The molecule has 5 aliphatic rings. The fourth-order valence-electron chi connectivity index (χ4n) is 7.05. The Morgan fingerprint density at radius 1 is 0.929 bits per heavy atom. The van der Waals surface area contributed by atoms with Crippen molar-refractivity contribution in [3.05, 3.63) is 29.8 Å². The van der Waals surface area contributed by atoms with Crippen molar-refractivity contribution in [3.8, 4) is 5.75 Å². The molecular formula is C24H36ClNO2. The number of aliphatic hydroxyl groups is 1. The summed E-state index contributed by atoms with van der Waals surface area (Å²) >= 11 is 0. The molecule has 1 aromatic carbocycles. The average Bonchev–Trinajstić information content (AvgIpc) is 2.66. The van der Waals surface area contributed by atoms with E-state index >= 15 is 0 Å². The van der Waals surface area contributed by atoms with Crippen LogP contribution in [-0.4, -0.2) is 42.4 Å². The van der Waals surface area contributed by atoms with E-state index in [0.717, 1.165) is 43.1 Å². The second kappa shape index (κ2) is 8.53. The van der Waals surface area contributed by atoms with Gasteiger partial charge in [0.15, 0.2) is 0 Å². The van der Waals surface area contributed by atoms with Gasteiger partial charge in [0.25, 0.3) is 0 Å². The summed E-state index contributed by atoms with van der Waals surface area (Å²) in [7, 11) is 0. The second-order valence-electron chi connectivity index (χ2n) is 10.0. The largest absolute Gasteiger partial charge is 0.491 e. The van der Waals surface area contributed by atoms with E-state index in [0.29, 0.717) is 12.0 Å². The van der Waals surface area contributed by atoms with Gasteiger partial charge in [0.2, 0.25) is 0 Å². The lowest BCUT2D eigenvalue weighted by Gasteiger charge is -2.57. The van der Waals surface area contributed by atoms with Gasteiger partial charge in [-0.15, -0.1) is 12.4 Å². The Kier molecular flexibility index (Phi) is 6.25. The van der Waals surface area contributed by atoms with Crippen LogP contribution < -0.4 is 4.74 Å². The van der Waals surface area contributed by atoms with Gasteiger partial charge in [-0.3, -0.25) is 0 Å². The summed E-state index contributed by atoms with van der Waals surface area (Å²) in [4.78, 5) is 2.37. The van der Waals surface area contributed by atoms with Crippen molar-refractivity contribution in [1.82, 2.24) is 4.90 Å². The van der Waals surface area contributed by atoms with Crippen LogP contribution in [-0.2, 0) is 5.41 Å². The summed E-state index contributed by atoms with van der Waals surface area (Å²) in [5.74, 6) is 3.85. The van der Waals surface area contributed by atoms with Crippen molar-refractivity contribution in [1.29, 1.82) is 0 Å². The molecule has 3 nitrogen and oxygen atoms in total. The van der Waals surface area contributed by atoms with Crippen LogP contribution in [0.3, 0.4) is 0 Å². The number of aliphatic hydroxyl groups excluding tert-OH is 1. The Morgan fingerprint density at radius 3 is 2.07 bits per heavy atom. The molecule has 1 atom stereocenters. The smallest absolute Gasteiger partial charge is 0.119 e. The zero-order chi connectivity index (χ0) is 18.3. The summed E-state index contributed by atoms with van der Waals surface area (Å²) in [5.41, 5.74) is 2.00. The van der Waals surface area contributed by atoms with E-state index in [1.807, 2.05) is 0 Å². The van der Waals surface area contributed by atoms with Gasteiger partial charge in [-0.25, -0.2) is 0 Å². The van der Waals surface area contributed by atoms with Crippen LogP contribution in [0.1, 0.15) is 63.4 Å². The van der Waals surface area contributed by atoms with E-state index in [4.69, 9.17) is 4.74 Å². The predicted molar refractivity (Wildman–Crippen MR) is 115 cm³/mol. The normalized spacial score (nSPS) is 35.4. The first-order valence-corrected chi connectivity index (χ1v) is 11.3. The lowest BCUT2D eigenvalue weighted by molar-refractivity contribution is -0.00522. The summed E-state index contributed by atoms with van der Waals surface area (Å²) in [6, 6.07) is 8.92. The zero-order valence-electron chi connectivity index (χ0n) is 17.0. The van der Waals surface area contributed by atoms with E-state index in [2.05, 4.69) is 29.2 Å². The number of hydrogen-bond donors (Lipinski definition) is 1. The van der Waals surface area contributed by atoms with Crippen LogP contribution in [0.15, 0.2) is 24.3 Å². The van der Waals surface area contributed by atoms with Gasteiger partial charge in [0.05, 0.1) is 0 Å². The van der Waals surface area contributed by atoms with Crippen molar-refractivity contribution >= 4 is 12.4 Å². The van der Waals surface area contributed by atoms with E-state index in [1.54, 1.807) is 5.56 Å². The topological polar surface area (TPSA) is 32.7 Å². The molecule has 0 amide bonds. The second-order valence-corrected chi connectivity index (χ2v) is 10.0. The molecule has 0 aromatic heterocycles. The number of halogens is 1. The number of hydrogen-bond acceptors (Lipinski definition) is 3. The molecule has 1 unspecified atom stereocenters. The summed E-state index contributed by atoms with van der Waals surface area (Å²) in [6.07, 6.45) is 12.2. The molecule has 156 valence electrons. The third-order valence-electron chi connectivity index (χ3n) is 7.86. The Balaban J connectivity index is 0.00000192. The molecular weight excluding hydrogens is 370 g/mol. The molecule has 6 rings (SSSR count). The fourth-order valence-corrected chi connectivity index (χ4v) is 7.05. The van der Waals surface area contributed by atoms with E-state index in [1.165, 1.54) is 57.8 Å². The highest BCUT2D eigenvalue weighted by molar-refractivity contribution is 5.85. The molecule has 1 saturated heterocycles. The lowest BCUT2D eigenvalue weighted by atomic mass is 9.48. The predicted octanol–water partition coefficient (Wildman–Crippen LogP) is 4.80. The van der Waals surface area contributed by atoms with Gasteiger partial charge in [0, 0.05) is 6.54 Å². The van der Waals surface area contributed by atoms with Crippen molar-refractivity contribution in [2.75, 3.05) is 26.2 Å². The summed E-state index contributed by atoms with van der Waals surface area (Å²) < 4.78 is 5.91. The number of ether oxygens (including phenoxy) is 1. The highest BCUT2D eigenvalue weighted by atomic mass is 35.5. The van der Waals surface area contributed by atoms with E-state index in [-0.39, 0.29) is 12.4 Å². The fraction of sp³-hybridized carbons (Fsp3) is 0.750. The average molecular weight is 406 g/mol. The number of rotatable bonds is 6. The highest BCUT2D eigenvalue weighted by Crippen LogP contribution is 2.60. The summed E-state index contributed by atoms with van der Waals surface area (Å²) in [6.45, 7) is 3.38. The van der Waals surface area contributed by atoms with Gasteiger partial charge in [0.1, 0.15) is 18.5 Å². The van der Waals surface area contributed by atoms with Gasteiger partial charge in [-0.2, -0.15) is 0 Å². The van der Waals surface area contributed by atoms with Gasteiger partial charge in [-0.1, -0.05) is 18.6 Å². The first kappa shape index (κ1) is 20.5. The Morgan fingerprint density at radius 2 is 1.50 bits per heavy atom. The minimum atomic E-state index is -0.397. The Bertz CT molecular complexity index is 605. The Hall–Kier alpha value is -0.770. The maximum Gasteiger partial charge on any atom is 0.119 e. The van der Waals surface area contributed by atoms with Gasteiger partial charge < -0.3 is 14.7 Å². The molecule has 28 heavy (non-hydrogen) atoms. The van der Waals surface area contributed by atoms with Crippen LogP contribution in [0, 0.1) is 17.8 Å². The number of β-amino-alcohol motifs (C(OH)–C–C–N with tert-alkyl or cyclic N) is 1. The molecule has 4 aliphatic carbocycles. The lowest BCUT2D eigenvalue weighted by Crippen LogP contribution is -2.48. The molecule has 4 heteroatoms. The maximum atomic E-state index is 10.3. The van der Waals surface area contributed by atoms with Crippen LogP contribution >= 0.6 is 12.4 Å². The van der Waals surface area contributed by atoms with Gasteiger partial charge in [-0.05, 0) is 105 Å². The third-order valence-corrected chi connectivity index (χ3v) is 7.86. The van der Waals surface area contributed by atoms with E-state index < -0.39 is 6.10 Å².